The second kappa shape index (κ2) is 7.28. The first-order chi connectivity index (χ1) is 10.1. The number of methoxy groups -OCH3 is 1. The molecule has 0 fully saturated rings. The van der Waals surface area contributed by atoms with Gasteiger partial charge in [0.25, 0.3) is 0 Å². The van der Waals surface area contributed by atoms with Crippen LogP contribution < -0.4 is 4.74 Å². The van der Waals surface area contributed by atoms with E-state index < -0.39 is 0 Å². The zero-order valence-electron chi connectivity index (χ0n) is 13.1. The van der Waals surface area contributed by atoms with Gasteiger partial charge in [-0.1, -0.05) is 42.0 Å². The molecule has 1 N–H and O–H groups in total. The summed E-state index contributed by atoms with van der Waals surface area (Å²) in [5.41, 5.74) is 5.04. The van der Waals surface area contributed by atoms with E-state index in [1.807, 2.05) is 18.2 Å². The fraction of sp³-hybridized carbons (Fsp3) is 0.368. The van der Waals surface area contributed by atoms with Gasteiger partial charge in [0, 0.05) is 6.61 Å². The molecular weight excluding hydrogens is 260 g/mol. The van der Waals surface area contributed by atoms with Crippen LogP contribution in [0.1, 0.15) is 22.3 Å². The van der Waals surface area contributed by atoms with Crippen molar-refractivity contribution in [1.29, 1.82) is 0 Å². The van der Waals surface area contributed by atoms with E-state index in [-0.39, 0.29) is 12.5 Å². The molecule has 21 heavy (non-hydrogen) atoms. The molecule has 112 valence electrons. The van der Waals surface area contributed by atoms with Crippen LogP contribution in [0.4, 0.5) is 0 Å². The van der Waals surface area contributed by atoms with E-state index in [9.17, 15) is 5.11 Å². The maximum absolute atomic E-state index is 9.73. The summed E-state index contributed by atoms with van der Waals surface area (Å²) in [5, 5.41) is 9.73. The molecule has 1 atom stereocenters. The number of hydrogen-bond donors (Lipinski definition) is 1. The lowest BCUT2D eigenvalue weighted by Gasteiger charge is -2.18. The number of rotatable bonds is 6. The molecule has 0 aromatic heterocycles. The molecule has 0 aliphatic rings. The van der Waals surface area contributed by atoms with Crippen LogP contribution in [0.5, 0.6) is 5.75 Å². The SMILES string of the molecule is COc1ccccc1CC(CO)Cc1cc(C)ccc1C. The van der Waals surface area contributed by atoms with Gasteiger partial charge in [-0.25, -0.2) is 0 Å². The van der Waals surface area contributed by atoms with Gasteiger partial charge in [-0.15, -0.1) is 0 Å². The van der Waals surface area contributed by atoms with Crippen molar-refractivity contribution in [3.8, 4) is 5.75 Å². The summed E-state index contributed by atoms with van der Waals surface area (Å²) in [4.78, 5) is 0. The van der Waals surface area contributed by atoms with Crippen molar-refractivity contribution >= 4 is 0 Å². The minimum absolute atomic E-state index is 0.186. The topological polar surface area (TPSA) is 29.5 Å². The molecule has 0 radical (unpaired) electrons. The van der Waals surface area contributed by atoms with E-state index >= 15 is 0 Å². The molecule has 0 saturated heterocycles. The van der Waals surface area contributed by atoms with Gasteiger partial charge in [-0.05, 0) is 55.4 Å². The van der Waals surface area contributed by atoms with Crippen LogP contribution in [0.25, 0.3) is 0 Å². The fourth-order valence-corrected chi connectivity index (χ4v) is 2.72. The van der Waals surface area contributed by atoms with E-state index in [1.54, 1.807) is 7.11 Å². The summed E-state index contributed by atoms with van der Waals surface area (Å²) in [7, 11) is 1.69. The normalized spacial score (nSPS) is 12.2. The number of benzene rings is 2. The number of hydrogen-bond acceptors (Lipinski definition) is 2. The summed E-state index contributed by atoms with van der Waals surface area (Å²) >= 11 is 0. The molecular formula is C19H24O2. The average Bonchev–Trinajstić information content (AvgIpc) is 2.50. The standard InChI is InChI=1S/C19H24O2/c1-14-8-9-15(2)18(10-14)12-16(13-20)11-17-6-4-5-7-19(17)21-3/h4-10,16,20H,11-13H2,1-3H3. The summed E-state index contributed by atoms with van der Waals surface area (Å²) in [5.74, 6) is 1.11. The number of para-hydroxylation sites is 1. The third-order valence-corrected chi connectivity index (χ3v) is 3.97. The molecule has 2 aromatic carbocycles. The molecule has 0 heterocycles. The van der Waals surface area contributed by atoms with Gasteiger partial charge >= 0.3 is 0 Å². The van der Waals surface area contributed by atoms with Crippen LogP contribution >= 0.6 is 0 Å². The summed E-state index contributed by atoms with van der Waals surface area (Å²) < 4.78 is 5.40. The predicted molar refractivity (Wildman–Crippen MR) is 86.9 cm³/mol. The Kier molecular flexibility index (Phi) is 5.40. The van der Waals surface area contributed by atoms with Crippen LogP contribution in [0, 0.1) is 19.8 Å². The molecule has 1 unspecified atom stereocenters. The first-order valence-corrected chi connectivity index (χ1v) is 7.43. The molecule has 2 rings (SSSR count). The number of ether oxygens (including phenoxy) is 1. The summed E-state index contributed by atoms with van der Waals surface area (Å²) in [6, 6.07) is 14.5. The van der Waals surface area contributed by atoms with Gasteiger partial charge in [-0.3, -0.25) is 0 Å². The van der Waals surface area contributed by atoms with Gasteiger partial charge < -0.3 is 9.84 Å². The average molecular weight is 284 g/mol. The highest BCUT2D eigenvalue weighted by molar-refractivity contribution is 5.34. The molecule has 0 aliphatic heterocycles. The third-order valence-electron chi connectivity index (χ3n) is 3.97. The Morgan fingerprint density at radius 1 is 1.00 bits per heavy atom. The molecule has 0 spiro atoms. The van der Waals surface area contributed by atoms with Gasteiger partial charge in [0.2, 0.25) is 0 Å². The molecule has 0 saturated carbocycles. The Hall–Kier alpha value is -1.80. The van der Waals surface area contributed by atoms with Crippen molar-refractivity contribution in [3.05, 3.63) is 64.7 Å². The first-order valence-electron chi connectivity index (χ1n) is 7.43. The van der Waals surface area contributed by atoms with Gasteiger partial charge in [0.05, 0.1) is 7.11 Å². The highest BCUT2D eigenvalue weighted by atomic mass is 16.5. The number of aliphatic hydroxyl groups excluding tert-OH is 1. The zero-order chi connectivity index (χ0) is 15.2. The lowest BCUT2D eigenvalue weighted by Crippen LogP contribution is -2.14. The lowest BCUT2D eigenvalue weighted by atomic mass is 9.90. The van der Waals surface area contributed by atoms with Crippen LogP contribution in [-0.4, -0.2) is 18.8 Å². The minimum Gasteiger partial charge on any atom is -0.496 e. The molecule has 0 amide bonds. The van der Waals surface area contributed by atoms with Crippen molar-refractivity contribution in [2.24, 2.45) is 5.92 Å². The van der Waals surface area contributed by atoms with E-state index in [4.69, 9.17) is 4.74 Å². The monoisotopic (exact) mass is 284 g/mol. The van der Waals surface area contributed by atoms with Crippen LogP contribution in [0.3, 0.4) is 0 Å². The van der Waals surface area contributed by atoms with Gasteiger partial charge in [-0.2, -0.15) is 0 Å². The van der Waals surface area contributed by atoms with E-state index in [0.717, 1.165) is 24.2 Å². The second-order valence-corrected chi connectivity index (χ2v) is 5.70. The zero-order valence-corrected chi connectivity index (χ0v) is 13.1. The van der Waals surface area contributed by atoms with Crippen molar-refractivity contribution < 1.29 is 9.84 Å². The quantitative estimate of drug-likeness (QED) is 0.876. The van der Waals surface area contributed by atoms with Crippen molar-refractivity contribution in [1.82, 2.24) is 0 Å². The van der Waals surface area contributed by atoms with Crippen molar-refractivity contribution in [3.63, 3.8) is 0 Å². The van der Waals surface area contributed by atoms with Gasteiger partial charge in [0.1, 0.15) is 5.75 Å². The Labute approximate surface area is 127 Å². The molecule has 2 heteroatoms. The predicted octanol–water partition coefficient (Wildman–Crippen LogP) is 3.71. The van der Waals surface area contributed by atoms with Gasteiger partial charge in [0.15, 0.2) is 0 Å². The first kappa shape index (κ1) is 15.6. The second-order valence-electron chi connectivity index (χ2n) is 5.70. The highest BCUT2D eigenvalue weighted by Crippen LogP contribution is 2.24. The van der Waals surface area contributed by atoms with Crippen molar-refractivity contribution in [2.75, 3.05) is 13.7 Å². The Morgan fingerprint density at radius 2 is 1.71 bits per heavy atom. The van der Waals surface area contributed by atoms with E-state index in [2.05, 4.69) is 38.1 Å². The number of aryl methyl sites for hydroxylation is 2. The van der Waals surface area contributed by atoms with Crippen LogP contribution in [-0.2, 0) is 12.8 Å². The molecule has 0 aliphatic carbocycles. The van der Waals surface area contributed by atoms with Crippen molar-refractivity contribution in [2.45, 2.75) is 26.7 Å². The maximum atomic E-state index is 9.73. The Balaban J connectivity index is 2.15. The van der Waals surface area contributed by atoms with Crippen LogP contribution in [0.15, 0.2) is 42.5 Å². The largest absolute Gasteiger partial charge is 0.496 e. The maximum Gasteiger partial charge on any atom is 0.122 e. The summed E-state index contributed by atoms with van der Waals surface area (Å²) in [6.45, 7) is 4.43. The summed E-state index contributed by atoms with van der Waals surface area (Å²) in [6.07, 6.45) is 1.72. The van der Waals surface area contributed by atoms with E-state index in [0.29, 0.717) is 0 Å². The fourth-order valence-electron chi connectivity index (χ4n) is 2.72. The lowest BCUT2D eigenvalue weighted by molar-refractivity contribution is 0.224. The Morgan fingerprint density at radius 3 is 2.43 bits per heavy atom. The third kappa shape index (κ3) is 4.08. The minimum atomic E-state index is 0.186. The molecule has 0 bridgehead atoms. The smallest absolute Gasteiger partial charge is 0.122 e. The Bertz CT molecular complexity index is 590. The van der Waals surface area contributed by atoms with Crippen LogP contribution in [0.2, 0.25) is 0 Å². The highest BCUT2D eigenvalue weighted by Gasteiger charge is 2.14. The van der Waals surface area contributed by atoms with E-state index in [1.165, 1.54) is 16.7 Å². The number of aliphatic hydroxyl groups is 1. The molecule has 2 nitrogen and oxygen atoms in total. The molecule has 2 aromatic rings.